The molecule has 2 N–H and O–H groups in total. The lowest BCUT2D eigenvalue weighted by Gasteiger charge is -2.15. The molecule has 0 radical (unpaired) electrons. The lowest BCUT2D eigenvalue weighted by atomic mass is 10.1. The van der Waals surface area contributed by atoms with Crippen molar-refractivity contribution in [3.8, 4) is 0 Å². The van der Waals surface area contributed by atoms with Gasteiger partial charge in [-0.1, -0.05) is 17.7 Å². The predicted octanol–water partition coefficient (Wildman–Crippen LogP) is 1.27. The first-order chi connectivity index (χ1) is 9.04. The number of nitrogens with zero attached hydrogens (tertiary/aromatic N) is 1. The minimum Gasteiger partial charge on any atom is -0.481 e. The van der Waals surface area contributed by atoms with Crippen LogP contribution in [-0.2, 0) is 17.8 Å². The standard InChI is InChI=1S/C13H12ClNO4/c14-10-3-1-2-9-11(17)6-8(7-12(18)19)15(4-5-16)13(9)10/h1-3,6,16H,4-5,7H2,(H,18,19). The summed E-state index contributed by atoms with van der Waals surface area (Å²) in [5.74, 6) is -1.04. The highest BCUT2D eigenvalue weighted by Crippen LogP contribution is 2.22. The molecule has 0 aliphatic carbocycles. The second-order valence-corrected chi connectivity index (χ2v) is 4.49. The SMILES string of the molecule is O=C(O)Cc1cc(=O)c2cccc(Cl)c2n1CCO. The minimum atomic E-state index is -1.04. The maximum atomic E-state index is 12.0. The van der Waals surface area contributed by atoms with Crippen LogP contribution in [-0.4, -0.2) is 27.4 Å². The van der Waals surface area contributed by atoms with E-state index in [1.54, 1.807) is 22.8 Å². The van der Waals surface area contributed by atoms with E-state index in [2.05, 4.69) is 0 Å². The average Bonchev–Trinajstić information content (AvgIpc) is 2.34. The number of aromatic nitrogens is 1. The molecule has 0 atom stereocenters. The van der Waals surface area contributed by atoms with Crippen LogP contribution in [0.1, 0.15) is 5.69 Å². The summed E-state index contributed by atoms with van der Waals surface area (Å²) < 4.78 is 1.58. The van der Waals surface area contributed by atoms with Gasteiger partial charge in [0.1, 0.15) is 0 Å². The van der Waals surface area contributed by atoms with Crippen molar-refractivity contribution in [2.24, 2.45) is 0 Å². The fourth-order valence-corrected chi connectivity index (χ4v) is 2.37. The summed E-state index contributed by atoms with van der Waals surface area (Å²) in [5.41, 5.74) is 0.511. The van der Waals surface area contributed by atoms with Crippen molar-refractivity contribution < 1.29 is 15.0 Å². The van der Waals surface area contributed by atoms with Gasteiger partial charge in [-0.15, -0.1) is 0 Å². The average molecular weight is 282 g/mol. The first-order valence-electron chi connectivity index (χ1n) is 5.68. The third kappa shape index (κ3) is 2.62. The smallest absolute Gasteiger partial charge is 0.309 e. The Morgan fingerprint density at radius 1 is 1.37 bits per heavy atom. The highest BCUT2D eigenvalue weighted by molar-refractivity contribution is 6.35. The number of carbonyl (C=O) groups is 1. The number of pyridine rings is 1. The van der Waals surface area contributed by atoms with Gasteiger partial charge in [-0.25, -0.2) is 0 Å². The van der Waals surface area contributed by atoms with Crippen LogP contribution in [0.3, 0.4) is 0 Å². The van der Waals surface area contributed by atoms with Crippen molar-refractivity contribution in [3.63, 3.8) is 0 Å². The van der Waals surface area contributed by atoms with Gasteiger partial charge in [-0.3, -0.25) is 9.59 Å². The van der Waals surface area contributed by atoms with Crippen molar-refractivity contribution in [2.75, 3.05) is 6.61 Å². The van der Waals surface area contributed by atoms with Crippen LogP contribution in [0.25, 0.3) is 10.9 Å². The van der Waals surface area contributed by atoms with Gasteiger partial charge in [0.15, 0.2) is 5.43 Å². The van der Waals surface area contributed by atoms with Crippen molar-refractivity contribution in [1.29, 1.82) is 0 Å². The quantitative estimate of drug-likeness (QED) is 0.885. The van der Waals surface area contributed by atoms with Gasteiger partial charge in [-0.05, 0) is 12.1 Å². The number of hydrogen-bond donors (Lipinski definition) is 2. The maximum Gasteiger partial charge on any atom is 0.309 e. The van der Waals surface area contributed by atoms with Crippen molar-refractivity contribution in [2.45, 2.75) is 13.0 Å². The van der Waals surface area contributed by atoms with Gasteiger partial charge >= 0.3 is 5.97 Å². The van der Waals surface area contributed by atoms with E-state index in [1.165, 1.54) is 6.07 Å². The summed E-state index contributed by atoms with van der Waals surface area (Å²) in [7, 11) is 0. The molecule has 0 unspecified atom stereocenters. The number of carboxylic acids is 1. The molecule has 100 valence electrons. The van der Waals surface area contributed by atoms with Gasteiger partial charge in [-0.2, -0.15) is 0 Å². The second-order valence-electron chi connectivity index (χ2n) is 4.08. The van der Waals surface area contributed by atoms with Crippen LogP contribution in [0.2, 0.25) is 5.02 Å². The van der Waals surface area contributed by atoms with Crippen molar-refractivity contribution in [3.05, 3.63) is 45.2 Å². The third-order valence-electron chi connectivity index (χ3n) is 2.82. The number of halogens is 1. The topological polar surface area (TPSA) is 79.5 Å². The molecule has 0 aliphatic rings. The fraction of sp³-hybridized carbons (Fsp3) is 0.231. The van der Waals surface area contributed by atoms with Crippen molar-refractivity contribution in [1.82, 2.24) is 4.57 Å². The summed E-state index contributed by atoms with van der Waals surface area (Å²) in [6, 6.07) is 6.19. The summed E-state index contributed by atoms with van der Waals surface area (Å²) >= 11 is 6.09. The number of aliphatic hydroxyl groups is 1. The minimum absolute atomic E-state index is 0.171. The molecule has 5 nitrogen and oxygen atoms in total. The molecule has 0 aliphatic heterocycles. The molecule has 0 spiro atoms. The number of benzene rings is 1. The van der Waals surface area contributed by atoms with E-state index in [0.29, 0.717) is 21.6 Å². The fourth-order valence-electron chi connectivity index (χ4n) is 2.10. The number of aliphatic hydroxyl groups excluding tert-OH is 1. The maximum absolute atomic E-state index is 12.0. The largest absolute Gasteiger partial charge is 0.481 e. The van der Waals surface area contributed by atoms with E-state index in [9.17, 15) is 9.59 Å². The van der Waals surface area contributed by atoms with E-state index < -0.39 is 5.97 Å². The Kier molecular flexibility index (Phi) is 3.87. The summed E-state index contributed by atoms with van der Waals surface area (Å²) in [6.45, 7) is 0.0128. The second kappa shape index (κ2) is 5.42. The zero-order valence-electron chi connectivity index (χ0n) is 9.97. The number of para-hydroxylation sites is 1. The lowest BCUT2D eigenvalue weighted by molar-refractivity contribution is -0.136. The number of fused-ring (bicyclic) bond motifs is 1. The third-order valence-corrected chi connectivity index (χ3v) is 3.13. The van der Waals surface area contributed by atoms with Crippen LogP contribution >= 0.6 is 11.6 Å². The lowest BCUT2D eigenvalue weighted by Crippen LogP contribution is -2.18. The highest BCUT2D eigenvalue weighted by Gasteiger charge is 2.13. The summed E-state index contributed by atoms with van der Waals surface area (Å²) in [6.07, 6.45) is -0.295. The molecular weight excluding hydrogens is 270 g/mol. The molecule has 1 heterocycles. The predicted molar refractivity (Wildman–Crippen MR) is 71.6 cm³/mol. The molecule has 0 bridgehead atoms. The number of rotatable bonds is 4. The molecule has 2 aromatic rings. The van der Waals surface area contributed by atoms with E-state index in [-0.39, 0.29) is 25.0 Å². The normalized spacial score (nSPS) is 10.8. The Morgan fingerprint density at radius 2 is 2.11 bits per heavy atom. The molecule has 0 amide bonds. The van der Waals surface area contributed by atoms with Gasteiger partial charge in [0.25, 0.3) is 0 Å². The van der Waals surface area contributed by atoms with E-state index in [4.69, 9.17) is 21.8 Å². The van der Waals surface area contributed by atoms with Gasteiger partial charge in [0.05, 0.1) is 23.6 Å². The molecule has 6 heteroatoms. The molecule has 0 saturated carbocycles. The summed E-state index contributed by atoms with van der Waals surface area (Å²) in [5, 5.41) is 18.8. The van der Waals surface area contributed by atoms with E-state index in [0.717, 1.165) is 0 Å². The molecule has 0 saturated heterocycles. The van der Waals surface area contributed by atoms with Crippen LogP contribution in [0.5, 0.6) is 0 Å². The molecular formula is C13H12ClNO4. The molecule has 0 fully saturated rings. The zero-order chi connectivity index (χ0) is 14.0. The Morgan fingerprint density at radius 3 is 2.74 bits per heavy atom. The Balaban J connectivity index is 2.82. The first kappa shape index (κ1) is 13.6. The summed E-state index contributed by atoms with van der Waals surface area (Å²) in [4.78, 5) is 22.8. The number of hydrogen-bond acceptors (Lipinski definition) is 3. The van der Waals surface area contributed by atoms with Crippen molar-refractivity contribution >= 4 is 28.5 Å². The van der Waals surface area contributed by atoms with Crippen LogP contribution in [0, 0.1) is 0 Å². The zero-order valence-corrected chi connectivity index (χ0v) is 10.7. The Bertz CT molecular complexity index is 693. The highest BCUT2D eigenvalue weighted by atomic mass is 35.5. The molecule has 19 heavy (non-hydrogen) atoms. The van der Waals surface area contributed by atoms with Gasteiger partial charge in [0, 0.05) is 23.7 Å². The van der Waals surface area contributed by atoms with Crippen LogP contribution in [0.15, 0.2) is 29.1 Å². The molecule has 2 rings (SSSR count). The Hall–Kier alpha value is -1.85. The first-order valence-corrected chi connectivity index (χ1v) is 6.06. The monoisotopic (exact) mass is 281 g/mol. The molecule has 1 aromatic carbocycles. The van der Waals surface area contributed by atoms with Crippen LogP contribution < -0.4 is 5.43 Å². The number of aliphatic carboxylic acids is 1. The number of carboxylic acid groups (broad SMARTS) is 1. The van der Waals surface area contributed by atoms with Gasteiger partial charge < -0.3 is 14.8 Å². The van der Waals surface area contributed by atoms with E-state index in [1.807, 2.05) is 0 Å². The van der Waals surface area contributed by atoms with Gasteiger partial charge in [0.2, 0.25) is 0 Å². The van der Waals surface area contributed by atoms with Crippen LogP contribution in [0.4, 0.5) is 0 Å². The van der Waals surface area contributed by atoms with E-state index >= 15 is 0 Å². The Labute approximate surface area is 113 Å². The molecule has 1 aromatic heterocycles.